The van der Waals surface area contributed by atoms with Crippen molar-refractivity contribution in [3.05, 3.63) is 71.2 Å². The molecule has 0 saturated carbocycles. The molecule has 1 aliphatic heterocycles. The van der Waals surface area contributed by atoms with Gasteiger partial charge in [0.05, 0.1) is 11.1 Å². The molecule has 1 fully saturated rings. The summed E-state index contributed by atoms with van der Waals surface area (Å²) in [5, 5.41) is 12.3. The van der Waals surface area contributed by atoms with Crippen molar-refractivity contribution in [2.45, 2.75) is 9.79 Å². The van der Waals surface area contributed by atoms with Gasteiger partial charge in [-0.05, 0) is 24.3 Å². The fourth-order valence-corrected chi connectivity index (χ4v) is 4.86. The zero-order valence-corrected chi connectivity index (χ0v) is 16.7. The molecule has 0 bridgehead atoms. The van der Waals surface area contributed by atoms with Gasteiger partial charge in [0.25, 0.3) is 5.91 Å². The number of nitriles is 1. The quantitative estimate of drug-likeness (QED) is 0.652. The third-order valence-corrected chi connectivity index (χ3v) is 6.59. The molecule has 1 aliphatic rings. The van der Waals surface area contributed by atoms with Gasteiger partial charge in [0.2, 0.25) is 0 Å². The normalized spacial score (nSPS) is 14.0. The van der Waals surface area contributed by atoms with Crippen LogP contribution in [0.3, 0.4) is 0 Å². The van der Waals surface area contributed by atoms with Crippen LogP contribution in [0.4, 0.5) is 5.13 Å². The van der Waals surface area contributed by atoms with Gasteiger partial charge >= 0.3 is 0 Å². The Bertz CT molecular complexity index is 1010. The van der Waals surface area contributed by atoms with Crippen LogP contribution in [-0.4, -0.2) is 42.0 Å². The van der Waals surface area contributed by atoms with Gasteiger partial charge in [-0.25, -0.2) is 4.98 Å². The largest absolute Gasteiger partial charge is 0.345 e. The van der Waals surface area contributed by atoms with Crippen molar-refractivity contribution in [3.8, 4) is 6.07 Å². The third-order valence-electron chi connectivity index (χ3n) is 4.60. The number of amides is 1. The van der Waals surface area contributed by atoms with Gasteiger partial charge < -0.3 is 9.80 Å². The minimum atomic E-state index is 0.0383. The number of piperazine rings is 1. The lowest BCUT2D eigenvalue weighted by molar-refractivity contribution is 0.0743. The van der Waals surface area contributed by atoms with Gasteiger partial charge in [-0.1, -0.05) is 36.0 Å². The van der Waals surface area contributed by atoms with E-state index in [4.69, 9.17) is 0 Å². The highest BCUT2D eigenvalue weighted by Gasteiger charge is 2.25. The van der Waals surface area contributed by atoms with Crippen molar-refractivity contribution in [1.29, 1.82) is 5.26 Å². The van der Waals surface area contributed by atoms with E-state index in [1.54, 1.807) is 17.4 Å². The number of carbonyl (C=O) groups is 1. The monoisotopic (exact) mass is 406 g/mol. The Balaban J connectivity index is 1.50. The van der Waals surface area contributed by atoms with E-state index in [0.29, 0.717) is 24.2 Å². The summed E-state index contributed by atoms with van der Waals surface area (Å²) < 4.78 is 0. The average Bonchev–Trinajstić information content (AvgIpc) is 3.29. The second kappa shape index (κ2) is 8.46. The highest BCUT2D eigenvalue weighted by Crippen LogP contribution is 2.33. The van der Waals surface area contributed by atoms with E-state index >= 15 is 0 Å². The molecule has 1 saturated heterocycles. The number of nitrogens with zero attached hydrogens (tertiary/aromatic N) is 4. The van der Waals surface area contributed by atoms with Crippen molar-refractivity contribution >= 4 is 34.1 Å². The summed E-state index contributed by atoms with van der Waals surface area (Å²) in [5.41, 5.74) is 1.30. The molecular formula is C21H18N4OS2. The Morgan fingerprint density at radius 2 is 1.75 bits per heavy atom. The lowest BCUT2D eigenvalue weighted by atomic mass is 10.2. The van der Waals surface area contributed by atoms with Crippen LogP contribution in [0.2, 0.25) is 0 Å². The smallest absolute Gasteiger partial charge is 0.255 e. The number of rotatable bonds is 4. The summed E-state index contributed by atoms with van der Waals surface area (Å²) in [4.78, 5) is 23.4. The third kappa shape index (κ3) is 3.88. The van der Waals surface area contributed by atoms with Crippen LogP contribution >= 0.6 is 23.1 Å². The fraction of sp³-hybridized carbons (Fsp3) is 0.190. The summed E-state index contributed by atoms with van der Waals surface area (Å²) >= 11 is 3.09. The van der Waals surface area contributed by atoms with Crippen molar-refractivity contribution < 1.29 is 4.79 Å². The maximum Gasteiger partial charge on any atom is 0.255 e. The SMILES string of the molecule is N#Cc1ccccc1Sc1ccccc1C(=O)N1CCN(c2nccs2)CC1. The van der Waals surface area contributed by atoms with Crippen LogP contribution in [0.15, 0.2) is 69.9 Å². The average molecular weight is 407 g/mol. The highest BCUT2D eigenvalue weighted by molar-refractivity contribution is 7.99. The fourth-order valence-electron chi connectivity index (χ4n) is 3.14. The molecule has 0 atom stereocenters. The maximum atomic E-state index is 13.2. The van der Waals surface area contributed by atoms with Crippen molar-refractivity contribution in [2.75, 3.05) is 31.1 Å². The Hall–Kier alpha value is -2.82. The van der Waals surface area contributed by atoms with E-state index in [2.05, 4.69) is 16.0 Å². The summed E-state index contributed by atoms with van der Waals surface area (Å²) in [6.45, 7) is 2.91. The topological polar surface area (TPSA) is 60.2 Å². The van der Waals surface area contributed by atoms with Crippen LogP contribution in [0.25, 0.3) is 0 Å². The number of anilines is 1. The van der Waals surface area contributed by atoms with Gasteiger partial charge in [0.15, 0.2) is 5.13 Å². The molecule has 5 nitrogen and oxygen atoms in total. The standard InChI is InChI=1S/C21H18N4OS2/c22-15-16-5-1-3-7-18(16)28-19-8-4-2-6-17(19)20(26)24-10-12-25(13-11-24)21-23-9-14-27-21/h1-9,14H,10-13H2. The zero-order valence-electron chi connectivity index (χ0n) is 15.1. The van der Waals surface area contributed by atoms with Gasteiger partial charge in [-0.3, -0.25) is 4.79 Å². The molecule has 2 aromatic carbocycles. The summed E-state index contributed by atoms with van der Waals surface area (Å²) in [5.74, 6) is 0.0383. The second-order valence-electron chi connectivity index (χ2n) is 6.30. The molecule has 140 valence electrons. The molecule has 1 amide bonds. The molecule has 7 heteroatoms. The highest BCUT2D eigenvalue weighted by atomic mass is 32.2. The van der Waals surface area contributed by atoms with Crippen LogP contribution < -0.4 is 4.90 Å². The number of aromatic nitrogens is 1. The first-order chi connectivity index (χ1) is 13.8. The van der Waals surface area contributed by atoms with Gasteiger partial charge in [-0.15, -0.1) is 11.3 Å². The van der Waals surface area contributed by atoms with Gasteiger partial charge in [0, 0.05) is 47.5 Å². The Kier molecular flexibility index (Phi) is 5.60. The molecule has 1 aromatic heterocycles. The first-order valence-corrected chi connectivity index (χ1v) is 10.7. The minimum Gasteiger partial charge on any atom is -0.345 e. The van der Waals surface area contributed by atoms with Crippen LogP contribution in [-0.2, 0) is 0 Å². The molecule has 2 heterocycles. The van der Waals surface area contributed by atoms with E-state index < -0.39 is 0 Å². The van der Waals surface area contributed by atoms with E-state index in [-0.39, 0.29) is 5.91 Å². The van der Waals surface area contributed by atoms with Gasteiger partial charge in [-0.2, -0.15) is 5.26 Å². The molecule has 0 N–H and O–H groups in total. The molecule has 0 spiro atoms. The van der Waals surface area contributed by atoms with E-state index in [1.807, 2.05) is 58.9 Å². The first kappa shape index (κ1) is 18.5. The van der Waals surface area contributed by atoms with Crippen LogP contribution in [0, 0.1) is 11.3 Å². The molecular weight excluding hydrogens is 388 g/mol. The van der Waals surface area contributed by atoms with E-state index in [1.165, 1.54) is 11.8 Å². The lowest BCUT2D eigenvalue weighted by Gasteiger charge is -2.34. The summed E-state index contributed by atoms with van der Waals surface area (Å²) in [6.07, 6.45) is 1.81. The number of carbonyl (C=O) groups excluding carboxylic acids is 1. The Labute approximate surface area is 172 Å². The van der Waals surface area contributed by atoms with Crippen molar-refractivity contribution in [1.82, 2.24) is 9.88 Å². The predicted molar refractivity (Wildman–Crippen MR) is 112 cm³/mol. The zero-order chi connectivity index (χ0) is 19.3. The number of hydrogen-bond donors (Lipinski definition) is 0. The number of hydrogen-bond acceptors (Lipinski definition) is 6. The van der Waals surface area contributed by atoms with Crippen LogP contribution in [0.5, 0.6) is 0 Å². The van der Waals surface area contributed by atoms with E-state index in [0.717, 1.165) is 28.0 Å². The number of benzene rings is 2. The molecule has 0 radical (unpaired) electrons. The second-order valence-corrected chi connectivity index (χ2v) is 8.26. The molecule has 0 unspecified atom stereocenters. The predicted octanol–water partition coefficient (Wildman–Crippen LogP) is 4.13. The van der Waals surface area contributed by atoms with Crippen molar-refractivity contribution in [2.24, 2.45) is 0 Å². The van der Waals surface area contributed by atoms with Crippen molar-refractivity contribution in [3.63, 3.8) is 0 Å². The van der Waals surface area contributed by atoms with E-state index in [9.17, 15) is 10.1 Å². The van der Waals surface area contributed by atoms with Crippen LogP contribution in [0.1, 0.15) is 15.9 Å². The lowest BCUT2D eigenvalue weighted by Crippen LogP contribution is -2.48. The Morgan fingerprint density at radius 3 is 2.46 bits per heavy atom. The first-order valence-electron chi connectivity index (χ1n) is 8.96. The summed E-state index contributed by atoms with van der Waals surface area (Å²) in [6, 6.07) is 17.3. The Morgan fingerprint density at radius 1 is 1.04 bits per heavy atom. The number of thiazole rings is 1. The molecule has 3 aromatic rings. The molecule has 0 aliphatic carbocycles. The molecule has 28 heavy (non-hydrogen) atoms. The minimum absolute atomic E-state index is 0.0383. The van der Waals surface area contributed by atoms with Gasteiger partial charge in [0.1, 0.15) is 6.07 Å². The molecule has 4 rings (SSSR count). The summed E-state index contributed by atoms with van der Waals surface area (Å²) in [7, 11) is 0. The maximum absolute atomic E-state index is 13.2.